The molecule has 0 radical (unpaired) electrons. The molecule has 2 rings (SSSR count). The van der Waals surface area contributed by atoms with Gasteiger partial charge >= 0.3 is 0 Å². The van der Waals surface area contributed by atoms with Gasteiger partial charge < -0.3 is 0 Å². The lowest BCUT2D eigenvalue weighted by atomic mass is 10.3. The second-order valence-electron chi connectivity index (χ2n) is 3.47. The van der Waals surface area contributed by atoms with Gasteiger partial charge in [0.1, 0.15) is 5.82 Å². The van der Waals surface area contributed by atoms with Crippen molar-refractivity contribution in [1.82, 2.24) is 4.98 Å². The van der Waals surface area contributed by atoms with E-state index in [1.165, 1.54) is 18.3 Å². The first-order valence-electron chi connectivity index (χ1n) is 4.96. The van der Waals surface area contributed by atoms with Gasteiger partial charge in [-0.15, -0.1) is 0 Å². The van der Waals surface area contributed by atoms with Crippen molar-refractivity contribution in [1.29, 1.82) is 0 Å². The number of rotatable bonds is 3. The molecule has 2 aromatic rings. The number of carbonyl (C=O) groups excluding carboxylic acids is 1. The van der Waals surface area contributed by atoms with E-state index in [1.54, 1.807) is 0 Å². The molecular formula is C12H8FNO3S. The minimum atomic E-state index is -3.91. The molecule has 0 amide bonds. The van der Waals surface area contributed by atoms with Crippen molar-refractivity contribution in [2.24, 2.45) is 0 Å². The summed E-state index contributed by atoms with van der Waals surface area (Å²) in [5, 5.41) is -0.327. The van der Waals surface area contributed by atoms with Gasteiger partial charge in [-0.3, -0.25) is 4.79 Å². The van der Waals surface area contributed by atoms with Crippen LogP contribution in [0.15, 0.2) is 52.5 Å². The molecule has 0 atom stereocenters. The molecule has 0 bridgehead atoms. The predicted octanol–water partition coefficient (Wildman–Crippen LogP) is 1.87. The Hall–Kier alpha value is -2.08. The van der Waals surface area contributed by atoms with E-state index in [4.69, 9.17) is 0 Å². The average Bonchev–Trinajstić information content (AvgIpc) is 2.39. The monoisotopic (exact) mass is 265 g/mol. The van der Waals surface area contributed by atoms with Crippen LogP contribution in [-0.4, -0.2) is 19.7 Å². The van der Waals surface area contributed by atoms with Gasteiger partial charge in [-0.25, -0.2) is 17.8 Å². The molecule has 0 saturated carbocycles. The normalized spacial score (nSPS) is 11.2. The summed E-state index contributed by atoms with van der Waals surface area (Å²) in [7, 11) is -3.91. The van der Waals surface area contributed by atoms with Crippen molar-refractivity contribution in [3.8, 4) is 0 Å². The molecule has 18 heavy (non-hydrogen) atoms. The molecule has 0 aliphatic rings. The van der Waals surface area contributed by atoms with Crippen LogP contribution in [0.3, 0.4) is 0 Å². The Balaban J connectivity index is 2.61. The minimum absolute atomic E-state index is 0.0261. The standard InChI is InChI=1S/C12H8FNO3S/c13-10-3-5-11(6-4-10)18(16,17)12-9(8-15)2-1-7-14-12/h1-8H. The third kappa shape index (κ3) is 2.14. The fourth-order valence-corrected chi connectivity index (χ4v) is 2.79. The molecule has 4 nitrogen and oxygen atoms in total. The fourth-order valence-electron chi connectivity index (χ4n) is 1.44. The number of sulfone groups is 1. The summed E-state index contributed by atoms with van der Waals surface area (Å²) in [4.78, 5) is 14.4. The molecule has 6 heteroatoms. The Bertz CT molecular complexity index is 681. The molecule has 0 unspecified atom stereocenters. The maximum Gasteiger partial charge on any atom is 0.224 e. The van der Waals surface area contributed by atoms with Crippen molar-refractivity contribution in [2.75, 3.05) is 0 Å². The number of benzene rings is 1. The predicted molar refractivity (Wildman–Crippen MR) is 61.5 cm³/mol. The van der Waals surface area contributed by atoms with Crippen molar-refractivity contribution in [2.45, 2.75) is 9.92 Å². The van der Waals surface area contributed by atoms with E-state index in [-0.39, 0.29) is 15.5 Å². The first-order valence-corrected chi connectivity index (χ1v) is 6.45. The molecule has 0 aliphatic heterocycles. The van der Waals surface area contributed by atoms with Gasteiger partial charge in [-0.2, -0.15) is 0 Å². The zero-order valence-corrected chi connectivity index (χ0v) is 9.89. The van der Waals surface area contributed by atoms with Gasteiger partial charge in [-0.05, 0) is 36.4 Å². The molecule has 0 aliphatic carbocycles. The molecule has 1 aromatic heterocycles. The van der Waals surface area contributed by atoms with Gasteiger partial charge in [0.2, 0.25) is 9.84 Å². The van der Waals surface area contributed by atoms with Crippen LogP contribution in [-0.2, 0) is 9.84 Å². The number of halogens is 1. The van der Waals surface area contributed by atoms with Crippen LogP contribution in [0.25, 0.3) is 0 Å². The van der Waals surface area contributed by atoms with Gasteiger partial charge in [0.15, 0.2) is 11.3 Å². The Labute approximate surface area is 103 Å². The van der Waals surface area contributed by atoms with Gasteiger partial charge in [0, 0.05) is 6.20 Å². The van der Waals surface area contributed by atoms with Crippen LogP contribution in [0.4, 0.5) is 4.39 Å². The first-order chi connectivity index (χ1) is 8.55. The first kappa shape index (κ1) is 12.4. The third-order valence-corrected chi connectivity index (χ3v) is 4.05. The Morgan fingerprint density at radius 1 is 1.11 bits per heavy atom. The molecule has 92 valence electrons. The number of hydrogen-bond acceptors (Lipinski definition) is 4. The SMILES string of the molecule is O=Cc1cccnc1S(=O)(=O)c1ccc(F)cc1. The van der Waals surface area contributed by atoms with Crippen LogP contribution in [0.1, 0.15) is 10.4 Å². The molecule has 0 fully saturated rings. The second kappa shape index (κ2) is 4.66. The Morgan fingerprint density at radius 3 is 2.39 bits per heavy atom. The zero-order valence-electron chi connectivity index (χ0n) is 9.08. The van der Waals surface area contributed by atoms with Gasteiger partial charge in [0.25, 0.3) is 0 Å². The summed E-state index contributed by atoms with van der Waals surface area (Å²) in [6.45, 7) is 0. The molecular weight excluding hydrogens is 257 g/mol. The zero-order chi connectivity index (χ0) is 13.2. The van der Waals surface area contributed by atoms with Crippen molar-refractivity contribution < 1.29 is 17.6 Å². The van der Waals surface area contributed by atoms with Crippen molar-refractivity contribution in [3.05, 3.63) is 54.0 Å². The quantitative estimate of drug-likeness (QED) is 0.627. The summed E-state index contributed by atoms with van der Waals surface area (Å²) in [5.41, 5.74) is -0.0261. The molecule has 0 saturated heterocycles. The van der Waals surface area contributed by atoms with Crippen LogP contribution in [0.2, 0.25) is 0 Å². The fraction of sp³-hybridized carbons (Fsp3) is 0. The lowest BCUT2D eigenvalue weighted by Crippen LogP contribution is -2.07. The highest BCUT2D eigenvalue weighted by Gasteiger charge is 2.22. The highest BCUT2D eigenvalue weighted by molar-refractivity contribution is 7.91. The van der Waals surface area contributed by atoms with Crippen molar-refractivity contribution >= 4 is 16.1 Å². The van der Waals surface area contributed by atoms with E-state index in [9.17, 15) is 17.6 Å². The van der Waals surface area contributed by atoms with E-state index in [2.05, 4.69) is 4.98 Å². The summed E-state index contributed by atoms with van der Waals surface area (Å²) in [5.74, 6) is -0.536. The van der Waals surface area contributed by atoms with E-state index >= 15 is 0 Å². The molecule has 1 heterocycles. The molecule has 0 spiro atoms. The van der Waals surface area contributed by atoms with Crippen LogP contribution < -0.4 is 0 Å². The number of pyridine rings is 1. The van der Waals surface area contributed by atoms with Crippen molar-refractivity contribution in [3.63, 3.8) is 0 Å². The summed E-state index contributed by atoms with van der Waals surface area (Å²) in [6.07, 6.45) is 1.70. The topological polar surface area (TPSA) is 64.1 Å². The number of aromatic nitrogens is 1. The Morgan fingerprint density at radius 2 is 1.78 bits per heavy atom. The number of aldehydes is 1. The third-order valence-electron chi connectivity index (χ3n) is 2.31. The lowest BCUT2D eigenvalue weighted by Gasteiger charge is -2.05. The second-order valence-corrected chi connectivity index (χ2v) is 5.34. The lowest BCUT2D eigenvalue weighted by molar-refractivity contribution is 0.112. The van der Waals surface area contributed by atoms with E-state index in [1.807, 2.05) is 0 Å². The minimum Gasteiger partial charge on any atom is -0.298 e. The largest absolute Gasteiger partial charge is 0.298 e. The number of carbonyl (C=O) groups is 1. The summed E-state index contributed by atoms with van der Waals surface area (Å²) >= 11 is 0. The van der Waals surface area contributed by atoms with Gasteiger partial charge in [0.05, 0.1) is 10.5 Å². The highest BCUT2D eigenvalue weighted by atomic mass is 32.2. The molecule has 1 aromatic carbocycles. The summed E-state index contributed by atoms with van der Waals surface area (Å²) in [6, 6.07) is 7.17. The van der Waals surface area contributed by atoms with Crippen LogP contribution in [0, 0.1) is 5.82 Å². The van der Waals surface area contributed by atoms with Gasteiger partial charge in [-0.1, -0.05) is 0 Å². The highest BCUT2D eigenvalue weighted by Crippen LogP contribution is 2.21. The average molecular weight is 265 g/mol. The number of nitrogens with zero attached hydrogens (tertiary/aromatic N) is 1. The maximum absolute atomic E-state index is 12.8. The van der Waals surface area contributed by atoms with Crippen LogP contribution in [0.5, 0.6) is 0 Å². The number of hydrogen-bond donors (Lipinski definition) is 0. The van der Waals surface area contributed by atoms with E-state index in [0.717, 1.165) is 24.3 Å². The van der Waals surface area contributed by atoms with Crippen LogP contribution >= 0.6 is 0 Å². The smallest absolute Gasteiger partial charge is 0.224 e. The Kier molecular flexibility index (Phi) is 3.20. The van der Waals surface area contributed by atoms with E-state index in [0.29, 0.717) is 6.29 Å². The molecule has 0 N–H and O–H groups in total. The van der Waals surface area contributed by atoms with E-state index < -0.39 is 15.7 Å². The maximum atomic E-state index is 12.8. The summed E-state index contributed by atoms with van der Waals surface area (Å²) < 4.78 is 37.1.